The number of hydrogen-bond acceptors (Lipinski definition) is 4. The molecule has 0 saturated carbocycles. The van der Waals surface area contributed by atoms with E-state index in [1.165, 1.54) is 11.1 Å². The minimum absolute atomic E-state index is 0.723. The third kappa shape index (κ3) is 3.55. The molecule has 0 radical (unpaired) electrons. The van der Waals surface area contributed by atoms with Gasteiger partial charge in [0.2, 0.25) is 0 Å². The average molecular weight is 283 g/mol. The lowest BCUT2D eigenvalue weighted by molar-refractivity contribution is 0.267. The molecule has 0 aromatic heterocycles. The third-order valence-corrected chi connectivity index (χ3v) is 4.25. The van der Waals surface area contributed by atoms with Gasteiger partial charge in [-0.25, -0.2) is 0 Å². The Bertz CT molecular complexity index is 437. The van der Waals surface area contributed by atoms with E-state index < -0.39 is 11.2 Å². The monoisotopic (exact) mass is 283 g/mol. The summed E-state index contributed by atoms with van der Waals surface area (Å²) >= 11 is -0.723. The average Bonchev–Trinajstić information content (AvgIpc) is 2.43. The number of methoxy groups -OCH3 is 2. The quantitative estimate of drug-likeness (QED) is 0.767. The summed E-state index contributed by atoms with van der Waals surface area (Å²) in [5, 5.41) is 0. The lowest BCUT2D eigenvalue weighted by Crippen LogP contribution is -2.34. The molecule has 0 aliphatic carbocycles. The predicted molar refractivity (Wildman–Crippen MR) is 77.5 cm³/mol. The van der Waals surface area contributed by atoms with Crippen molar-refractivity contribution in [1.82, 2.24) is 4.90 Å². The van der Waals surface area contributed by atoms with Crippen molar-refractivity contribution in [3.05, 3.63) is 23.3 Å². The summed E-state index contributed by atoms with van der Waals surface area (Å²) in [6, 6.07) is 4.13. The fourth-order valence-corrected chi connectivity index (χ4v) is 2.91. The smallest absolute Gasteiger partial charge is 0.161 e. The third-order valence-electron chi connectivity index (χ3n) is 3.49. The lowest BCUT2D eigenvalue weighted by atomic mass is 9.99. The molecule has 0 N–H and O–H groups in total. The molecule has 0 bridgehead atoms. The minimum Gasteiger partial charge on any atom is -0.617 e. The number of benzene rings is 1. The Labute approximate surface area is 117 Å². The molecule has 1 atom stereocenters. The largest absolute Gasteiger partial charge is 0.617 e. The van der Waals surface area contributed by atoms with E-state index in [1.54, 1.807) is 20.5 Å². The molecule has 4 nitrogen and oxygen atoms in total. The molecule has 0 amide bonds. The molecule has 1 unspecified atom stereocenters. The van der Waals surface area contributed by atoms with Crippen molar-refractivity contribution in [3.8, 4) is 11.5 Å². The van der Waals surface area contributed by atoms with E-state index in [1.807, 2.05) is 0 Å². The van der Waals surface area contributed by atoms with Crippen LogP contribution in [-0.4, -0.2) is 48.8 Å². The molecule has 1 aliphatic heterocycles. The molecule has 0 spiro atoms. The molecule has 0 saturated heterocycles. The molecular formula is C14H21NO3S. The summed E-state index contributed by atoms with van der Waals surface area (Å²) < 4.78 is 21.8. The molecule has 2 rings (SSSR count). The molecule has 19 heavy (non-hydrogen) atoms. The van der Waals surface area contributed by atoms with Gasteiger partial charge in [-0.15, -0.1) is 0 Å². The van der Waals surface area contributed by atoms with Crippen molar-refractivity contribution >= 4 is 11.2 Å². The summed E-state index contributed by atoms with van der Waals surface area (Å²) in [6.45, 7) is 2.80. The van der Waals surface area contributed by atoms with Crippen LogP contribution in [0, 0.1) is 0 Å². The molecular weight excluding hydrogens is 262 g/mol. The highest BCUT2D eigenvalue weighted by Crippen LogP contribution is 2.33. The van der Waals surface area contributed by atoms with E-state index >= 15 is 0 Å². The normalized spacial score (nSPS) is 16.8. The van der Waals surface area contributed by atoms with E-state index in [9.17, 15) is 4.55 Å². The highest BCUT2D eigenvalue weighted by Gasteiger charge is 2.19. The number of hydrogen-bond donors (Lipinski definition) is 0. The van der Waals surface area contributed by atoms with Crippen molar-refractivity contribution in [2.75, 3.05) is 39.3 Å². The van der Waals surface area contributed by atoms with Gasteiger partial charge in [0.05, 0.1) is 20.5 Å². The van der Waals surface area contributed by atoms with Gasteiger partial charge in [0.1, 0.15) is 5.75 Å². The highest BCUT2D eigenvalue weighted by atomic mass is 32.2. The first kappa shape index (κ1) is 14.5. The van der Waals surface area contributed by atoms with Crippen LogP contribution in [0.3, 0.4) is 0 Å². The minimum atomic E-state index is -0.723. The summed E-state index contributed by atoms with van der Waals surface area (Å²) in [4.78, 5) is 2.34. The van der Waals surface area contributed by atoms with Crippen molar-refractivity contribution in [2.24, 2.45) is 0 Å². The van der Waals surface area contributed by atoms with Gasteiger partial charge in [0.25, 0.3) is 0 Å². The van der Waals surface area contributed by atoms with E-state index in [0.29, 0.717) is 0 Å². The van der Waals surface area contributed by atoms with Gasteiger partial charge in [-0.2, -0.15) is 0 Å². The maximum Gasteiger partial charge on any atom is 0.161 e. The second-order valence-electron chi connectivity index (χ2n) is 4.78. The SMILES string of the molecule is COc1cc2c(cc1OC)CN(CC[S+](C)[O-])CC2. The topological polar surface area (TPSA) is 44.8 Å². The Morgan fingerprint density at radius 3 is 2.42 bits per heavy atom. The Morgan fingerprint density at radius 1 is 1.21 bits per heavy atom. The van der Waals surface area contributed by atoms with Crippen LogP contribution in [0.5, 0.6) is 11.5 Å². The molecule has 1 aromatic carbocycles. The zero-order chi connectivity index (χ0) is 13.8. The van der Waals surface area contributed by atoms with E-state index in [-0.39, 0.29) is 0 Å². The van der Waals surface area contributed by atoms with Crippen LogP contribution in [0.2, 0.25) is 0 Å². The van der Waals surface area contributed by atoms with Gasteiger partial charge in [-0.1, -0.05) is 11.2 Å². The fourth-order valence-electron chi connectivity index (χ4n) is 2.39. The first-order valence-electron chi connectivity index (χ1n) is 6.40. The summed E-state index contributed by atoms with van der Waals surface area (Å²) in [7, 11) is 3.32. The molecule has 1 heterocycles. The van der Waals surface area contributed by atoms with Crippen molar-refractivity contribution in [3.63, 3.8) is 0 Å². The number of ether oxygens (including phenoxy) is 2. The van der Waals surface area contributed by atoms with Crippen LogP contribution < -0.4 is 9.47 Å². The number of rotatable bonds is 5. The molecule has 5 heteroatoms. The van der Waals surface area contributed by atoms with Gasteiger partial charge in [-0.3, -0.25) is 4.90 Å². The maximum atomic E-state index is 11.2. The van der Waals surface area contributed by atoms with Crippen molar-refractivity contribution in [2.45, 2.75) is 13.0 Å². The van der Waals surface area contributed by atoms with E-state index in [4.69, 9.17) is 9.47 Å². The highest BCUT2D eigenvalue weighted by molar-refractivity contribution is 7.90. The first-order chi connectivity index (χ1) is 9.13. The fraction of sp³-hybridized carbons (Fsp3) is 0.571. The van der Waals surface area contributed by atoms with Gasteiger partial charge in [0, 0.05) is 19.6 Å². The summed E-state index contributed by atoms with van der Waals surface area (Å²) in [6.07, 6.45) is 2.76. The molecule has 1 aromatic rings. The molecule has 106 valence electrons. The summed E-state index contributed by atoms with van der Waals surface area (Å²) in [5.74, 6) is 2.31. The van der Waals surface area contributed by atoms with Gasteiger partial charge >= 0.3 is 0 Å². The first-order valence-corrected chi connectivity index (χ1v) is 8.13. The number of nitrogens with zero attached hydrogens (tertiary/aromatic N) is 1. The van der Waals surface area contributed by atoms with Crippen LogP contribution in [-0.2, 0) is 24.1 Å². The Balaban J connectivity index is 2.11. The standard InChI is InChI=1S/C14H21NO3S/c1-17-13-8-11-4-5-15(6-7-19(3)16)10-12(11)9-14(13)18-2/h8-9H,4-7,10H2,1-3H3. The zero-order valence-electron chi connectivity index (χ0n) is 11.8. The van der Waals surface area contributed by atoms with Gasteiger partial charge in [-0.05, 0) is 29.7 Å². The Hall–Kier alpha value is -0.910. The van der Waals surface area contributed by atoms with Crippen LogP contribution >= 0.6 is 0 Å². The van der Waals surface area contributed by atoms with Gasteiger partial charge in [0.15, 0.2) is 11.5 Å². The van der Waals surface area contributed by atoms with Crippen LogP contribution in [0.25, 0.3) is 0 Å². The summed E-state index contributed by atoms with van der Waals surface area (Å²) in [5.41, 5.74) is 2.61. The molecule has 0 fully saturated rings. The second kappa shape index (κ2) is 6.50. The van der Waals surface area contributed by atoms with Crippen LogP contribution in [0.1, 0.15) is 11.1 Å². The van der Waals surface area contributed by atoms with Gasteiger partial charge < -0.3 is 14.0 Å². The lowest BCUT2D eigenvalue weighted by Gasteiger charge is -2.29. The van der Waals surface area contributed by atoms with Crippen molar-refractivity contribution < 1.29 is 14.0 Å². The van der Waals surface area contributed by atoms with Crippen LogP contribution in [0.4, 0.5) is 0 Å². The zero-order valence-corrected chi connectivity index (χ0v) is 12.6. The Morgan fingerprint density at radius 2 is 1.84 bits per heavy atom. The molecule has 1 aliphatic rings. The predicted octanol–water partition coefficient (Wildman–Crippen LogP) is 1.44. The Kier molecular flexibility index (Phi) is 4.96. The van der Waals surface area contributed by atoms with Crippen molar-refractivity contribution in [1.29, 1.82) is 0 Å². The second-order valence-corrected chi connectivity index (χ2v) is 6.33. The van der Waals surface area contributed by atoms with Crippen LogP contribution in [0.15, 0.2) is 12.1 Å². The maximum absolute atomic E-state index is 11.2. The number of fused-ring (bicyclic) bond motifs is 1. The van der Waals surface area contributed by atoms with E-state index in [0.717, 1.165) is 43.3 Å². The van der Waals surface area contributed by atoms with E-state index in [2.05, 4.69) is 17.0 Å².